The van der Waals surface area contributed by atoms with Gasteiger partial charge in [-0.25, -0.2) is 13.1 Å². The maximum Gasteiger partial charge on any atom is 0.258 e. The SMILES string of the molecule is COc1ccc(C(=O)N(C)c2ccc(C(C)(C)C)cc2)cc1S(=O)(=O)NC1CC1. The van der Waals surface area contributed by atoms with Gasteiger partial charge in [0.25, 0.3) is 5.91 Å². The van der Waals surface area contributed by atoms with Crippen molar-refractivity contribution in [2.75, 3.05) is 19.1 Å². The highest BCUT2D eigenvalue weighted by molar-refractivity contribution is 7.89. The average molecular weight is 417 g/mol. The predicted octanol–water partition coefficient (Wildman–Crippen LogP) is 3.71. The third-order valence-electron chi connectivity index (χ3n) is 5.02. The van der Waals surface area contributed by atoms with E-state index in [0.717, 1.165) is 18.5 Å². The molecule has 0 bridgehead atoms. The highest BCUT2D eigenvalue weighted by atomic mass is 32.2. The van der Waals surface area contributed by atoms with Crippen LogP contribution in [0.5, 0.6) is 5.75 Å². The Bertz CT molecular complexity index is 1000. The van der Waals surface area contributed by atoms with E-state index < -0.39 is 10.0 Å². The first-order chi connectivity index (χ1) is 13.5. The number of sulfonamides is 1. The van der Waals surface area contributed by atoms with E-state index in [1.807, 2.05) is 24.3 Å². The third-order valence-corrected chi connectivity index (χ3v) is 6.57. The van der Waals surface area contributed by atoms with Gasteiger partial charge in [0.15, 0.2) is 0 Å². The lowest BCUT2D eigenvalue weighted by Gasteiger charge is -2.22. The van der Waals surface area contributed by atoms with Crippen molar-refractivity contribution in [1.29, 1.82) is 0 Å². The highest BCUT2D eigenvalue weighted by Crippen LogP contribution is 2.30. The van der Waals surface area contributed by atoms with Crippen LogP contribution in [0.3, 0.4) is 0 Å². The zero-order chi connectivity index (χ0) is 21.4. The van der Waals surface area contributed by atoms with Gasteiger partial charge >= 0.3 is 0 Å². The van der Waals surface area contributed by atoms with E-state index in [2.05, 4.69) is 25.5 Å². The quantitative estimate of drug-likeness (QED) is 0.779. The van der Waals surface area contributed by atoms with Crippen molar-refractivity contribution in [2.45, 2.75) is 50.0 Å². The summed E-state index contributed by atoms with van der Waals surface area (Å²) in [7, 11) is -0.665. The Kier molecular flexibility index (Phi) is 5.74. The van der Waals surface area contributed by atoms with Crippen LogP contribution in [-0.4, -0.2) is 34.5 Å². The van der Waals surface area contributed by atoms with E-state index in [1.54, 1.807) is 13.1 Å². The molecule has 0 radical (unpaired) electrons. The summed E-state index contributed by atoms with van der Waals surface area (Å²) in [4.78, 5) is 14.5. The summed E-state index contributed by atoms with van der Waals surface area (Å²) in [6, 6.07) is 12.2. The number of carbonyl (C=O) groups is 1. The molecule has 1 aliphatic rings. The first kappa shape index (κ1) is 21.3. The van der Waals surface area contributed by atoms with Crippen molar-refractivity contribution >= 4 is 21.6 Å². The molecule has 0 aromatic heterocycles. The van der Waals surface area contributed by atoms with Crippen LogP contribution >= 0.6 is 0 Å². The lowest BCUT2D eigenvalue weighted by Crippen LogP contribution is -2.28. The highest BCUT2D eigenvalue weighted by Gasteiger charge is 2.30. The van der Waals surface area contributed by atoms with Crippen LogP contribution < -0.4 is 14.4 Å². The zero-order valence-corrected chi connectivity index (χ0v) is 18.3. The first-order valence-electron chi connectivity index (χ1n) is 9.62. The summed E-state index contributed by atoms with van der Waals surface area (Å²) in [5.41, 5.74) is 2.21. The molecule has 0 atom stereocenters. The van der Waals surface area contributed by atoms with Crippen LogP contribution in [0.2, 0.25) is 0 Å². The molecule has 0 unspecified atom stereocenters. The predicted molar refractivity (Wildman–Crippen MR) is 114 cm³/mol. The number of methoxy groups -OCH3 is 1. The largest absolute Gasteiger partial charge is 0.495 e. The number of nitrogens with one attached hydrogen (secondary N) is 1. The molecule has 6 nitrogen and oxygen atoms in total. The van der Waals surface area contributed by atoms with Crippen molar-refractivity contribution in [3.05, 3.63) is 53.6 Å². The first-order valence-corrected chi connectivity index (χ1v) is 11.1. The number of nitrogens with zero attached hydrogens (tertiary/aromatic N) is 1. The molecule has 3 rings (SSSR count). The standard InChI is InChI=1S/C22H28N2O4S/c1-22(2,3)16-7-11-18(12-8-16)24(4)21(25)15-6-13-19(28-5)20(14-15)29(26,27)23-17-9-10-17/h6-8,11-14,17,23H,9-10H2,1-5H3. The lowest BCUT2D eigenvalue weighted by atomic mass is 9.87. The van der Waals surface area contributed by atoms with Gasteiger partial charge in [0.05, 0.1) is 7.11 Å². The normalized spacial score (nSPS) is 14.5. The van der Waals surface area contributed by atoms with E-state index in [0.29, 0.717) is 0 Å². The van der Waals surface area contributed by atoms with E-state index in [-0.39, 0.29) is 33.6 Å². The molecule has 1 amide bonds. The minimum atomic E-state index is -3.75. The van der Waals surface area contributed by atoms with E-state index in [9.17, 15) is 13.2 Å². The number of rotatable bonds is 6. The molecule has 29 heavy (non-hydrogen) atoms. The molecule has 7 heteroatoms. The van der Waals surface area contributed by atoms with Crippen LogP contribution in [0.1, 0.15) is 49.5 Å². The molecule has 0 heterocycles. The number of anilines is 1. The van der Waals surface area contributed by atoms with Gasteiger partial charge in [-0.15, -0.1) is 0 Å². The van der Waals surface area contributed by atoms with Crippen LogP contribution in [0.4, 0.5) is 5.69 Å². The molecule has 2 aromatic rings. The monoisotopic (exact) mass is 416 g/mol. The number of carbonyl (C=O) groups excluding carboxylic acids is 1. The molecule has 1 fully saturated rings. The molecule has 156 valence electrons. The summed E-state index contributed by atoms with van der Waals surface area (Å²) in [5, 5.41) is 0. The molecular weight excluding hydrogens is 388 g/mol. The van der Waals surface area contributed by atoms with Crippen molar-refractivity contribution in [3.63, 3.8) is 0 Å². The Morgan fingerprint density at radius 3 is 2.24 bits per heavy atom. The second-order valence-electron chi connectivity index (χ2n) is 8.42. The van der Waals surface area contributed by atoms with Gasteiger partial charge in [-0.3, -0.25) is 4.79 Å². The van der Waals surface area contributed by atoms with Gasteiger partial charge in [0.1, 0.15) is 10.6 Å². The number of hydrogen-bond acceptors (Lipinski definition) is 4. The maximum atomic E-state index is 13.0. The Balaban J connectivity index is 1.89. The van der Waals surface area contributed by atoms with Gasteiger partial charge in [-0.2, -0.15) is 0 Å². The molecule has 1 aliphatic carbocycles. The Hall–Kier alpha value is -2.38. The lowest BCUT2D eigenvalue weighted by molar-refractivity contribution is 0.0992. The zero-order valence-electron chi connectivity index (χ0n) is 17.5. The third kappa shape index (κ3) is 4.79. The fourth-order valence-corrected chi connectivity index (χ4v) is 4.50. The summed E-state index contributed by atoms with van der Waals surface area (Å²) in [6.07, 6.45) is 1.65. The summed E-state index contributed by atoms with van der Waals surface area (Å²) >= 11 is 0. The molecule has 0 saturated heterocycles. The Labute approximate surface area is 172 Å². The maximum absolute atomic E-state index is 13.0. The number of ether oxygens (including phenoxy) is 1. The summed E-state index contributed by atoms with van der Waals surface area (Å²) in [5.74, 6) is -0.0779. The van der Waals surface area contributed by atoms with Crippen LogP contribution in [-0.2, 0) is 15.4 Å². The molecule has 0 aliphatic heterocycles. The molecule has 1 N–H and O–H groups in total. The second-order valence-corrected chi connectivity index (χ2v) is 10.1. The molecular formula is C22H28N2O4S. The van der Waals surface area contributed by atoms with Crippen molar-refractivity contribution < 1.29 is 17.9 Å². The smallest absolute Gasteiger partial charge is 0.258 e. The topological polar surface area (TPSA) is 75.7 Å². The van der Waals surface area contributed by atoms with Crippen LogP contribution in [0.25, 0.3) is 0 Å². The molecule has 1 saturated carbocycles. The van der Waals surface area contributed by atoms with Crippen molar-refractivity contribution in [3.8, 4) is 5.75 Å². The second kappa shape index (κ2) is 7.80. The van der Waals surface area contributed by atoms with Crippen molar-refractivity contribution in [1.82, 2.24) is 4.72 Å². The van der Waals surface area contributed by atoms with Crippen LogP contribution in [0.15, 0.2) is 47.4 Å². The fraction of sp³-hybridized carbons (Fsp3) is 0.409. The number of hydrogen-bond donors (Lipinski definition) is 1. The van der Waals surface area contributed by atoms with Gasteiger partial charge in [-0.1, -0.05) is 32.9 Å². The van der Waals surface area contributed by atoms with Gasteiger partial charge < -0.3 is 9.64 Å². The Morgan fingerprint density at radius 1 is 1.10 bits per heavy atom. The van der Waals surface area contributed by atoms with E-state index >= 15 is 0 Å². The summed E-state index contributed by atoms with van der Waals surface area (Å²) in [6.45, 7) is 6.39. The van der Waals surface area contributed by atoms with Gasteiger partial charge in [0, 0.05) is 24.3 Å². The average Bonchev–Trinajstić information content (AvgIpc) is 3.49. The minimum absolute atomic E-state index is 0.0192. The Morgan fingerprint density at radius 2 is 1.72 bits per heavy atom. The molecule has 2 aromatic carbocycles. The van der Waals surface area contributed by atoms with E-state index in [1.165, 1.54) is 29.7 Å². The minimum Gasteiger partial charge on any atom is -0.495 e. The fourth-order valence-electron chi connectivity index (χ4n) is 3.00. The van der Waals surface area contributed by atoms with Crippen molar-refractivity contribution in [2.24, 2.45) is 0 Å². The molecule has 0 spiro atoms. The van der Waals surface area contributed by atoms with Crippen LogP contribution in [0, 0.1) is 0 Å². The van der Waals surface area contributed by atoms with E-state index in [4.69, 9.17) is 4.74 Å². The summed E-state index contributed by atoms with van der Waals surface area (Å²) < 4.78 is 33.2. The number of amides is 1. The van der Waals surface area contributed by atoms with Gasteiger partial charge in [-0.05, 0) is 54.2 Å². The van der Waals surface area contributed by atoms with Gasteiger partial charge in [0.2, 0.25) is 10.0 Å². The number of benzene rings is 2.